The van der Waals surface area contributed by atoms with Gasteiger partial charge in [0.05, 0.1) is 16.8 Å². The van der Waals surface area contributed by atoms with Crippen molar-refractivity contribution in [1.82, 2.24) is 46.1 Å². The van der Waals surface area contributed by atoms with Crippen molar-refractivity contribution < 1.29 is 9.53 Å². The Morgan fingerprint density at radius 1 is 0.821 bits per heavy atom. The average molecular weight is 781 g/mol. The first-order valence-corrected chi connectivity index (χ1v) is 20.5. The number of amides is 1. The largest absolute Gasteiger partial charge is 0.461 e. The molecule has 0 aliphatic carbocycles. The predicted molar refractivity (Wildman–Crippen MR) is 228 cm³/mol. The maximum Gasteiger partial charge on any atom is 0.323 e. The van der Waals surface area contributed by atoms with Gasteiger partial charge in [0.15, 0.2) is 0 Å². The number of rotatable bonds is 17. The molecule has 0 atom stereocenters. The zero-order chi connectivity index (χ0) is 38.8. The number of likely N-dealkylation sites (N-methyl/N-ethyl adjacent to an activating group) is 1. The van der Waals surface area contributed by atoms with Crippen molar-refractivity contribution in [3.63, 3.8) is 0 Å². The van der Waals surface area contributed by atoms with E-state index < -0.39 is 0 Å². The molecule has 298 valence electrons. The van der Waals surface area contributed by atoms with Gasteiger partial charge in [0.1, 0.15) is 11.6 Å². The predicted octanol–water partition coefficient (Wildman–Crippen LogP) is 3.98. The number of para-hydroxylation sites is 1. The molecule has 3 heterocycles. The molecule has 5 aromatic rings. The van der Waals surface area contributed by atoms with Gasteiger partial charge in [-0.3, -0.25) is 4.79 Å². The maximum atomic E-state index is 12.7. The Hall–Kier alpha value is -4.93. The summed E-state index contributed by atoms with van der Waals surface area (Å²) < 4.78 is 7.26. The summed E-state index contributed by atoms with van der Waals surface area (Å²) >= 11 is 1.70. The second kappa shape index (κ2) is 22.0. The van der Waals surface area contributed by atoms with Crippen LogP contribution in [0.25, 0.3) is 20.8 Å². The number of carbonyl (C=O) groups is 1. The van der Waals surface area contributed by atoms with Crippen molar-refractivity contribution in [3.8, 4) is 16.6 Å². The monoisotopic (exact) mass is 780 g/mol. The summed E-state index contributed by atoms with van der Waals surface area (Å²) in [5, 5.41) is 21.0. The topological polar surface area (TPSA) is 157 Å². The van der Waals surface area contributed by atoms with E-state index in [0.717, 1.165) is 92.7 Å². The van der Waals surface area contributed by atoms with Crippen molar-refractivity contribution in [2.75, 3.05) is 108 Å². The third-order valence-electron chi connectivity index (χ3n) is 9.60. The molecule has 1 fully saturated rings. The number of benzene rings is 3. The van der Waals surface area contributed by atoms with Gasteiger partial charge < -0.3 is 46.4 Å². The van der Waals surface area contributed by atoms with E-state index in [1.54, 1.807) is 11.3 Å². The summed E-state index contributed by atoms with van der Waals surface area (Å²) in [6, 6.07) is 25.0. The van der Waals surface area contributed by atoms with E-state index in [-0.39, 0.29) is 11.9 Å². The van der Waals surface area contributed by atoms with E-state index in [4.69, 9.17) is 9.72 Å². The van der Waals surface area contributed by atoms with Gasteiger partial charge >= 0.3 is 6.01 Å². The minimum Gasteiger partial charge on any atom is -0.461 e. The molecule has 1 saturated heterocycles. The first kappa shape index (κ1) is 40.7. The van der Waals surface area contributed by atoms with Gasteiger partial charge in [-0.05, 0) is 67.4 Å². The summed E-state index contributed by atoms with van der Waals surface area (Å²) in [7, 11) is 2.03. The number of carbonyl (C=O) groups excluding carboxylic acids is 1. The molecule has 15 heteroatoms. The van der Waals surface area contributed by atoms with Crippen molar-refractivity contribution in [3.05, 3.63) is 83.9 Å². The van der Waals surface area contributed by atoms with Crippen LogP contribution in [-0.2, 0) is 11.3 Å². The Morgan fingerprint density at radius 3 is 2.27 bits per heavy atom. The molecule has 1 aliphatic heterocycles. The lowest BCUT2D eigenvalue weighted by Crippen LogP contribution is -2.42. The van der Waals surface area contributed by atoms with Gasteiger partial charge in [0.2, 0.25) is 17.8 Å². The van der Waals surface area contributed by atoms with Gasteiger partial charge in [-0.1, -0.05) is 36.4 Å². The van der Waals surface area contributed by atoms with Crippen LogP contribution in [0.5, 0.6) is 6.01 Å². The number of hydrogen-bond acceptors (Lipinski definition) is 14. The van der Waals surface area contributed by atoms with Crippen LogP contribution in [0, 0.1) is 6.92 Å². The number of anilines is 3. The minimum atomic E-state index is -0.0124. The molecule has 6 N–H and O–H groups in total. The molecule has 0 spiro atoms. The molecule has 1 amide bonds. The SMILES string of the molecule is Cc1ccccc1CNc1nc(NCCC(=O)NCCCN2CCNCCNCCNCC2)nc(OCCN(C)c2ccc(-c3nc4ccccc4s3)cc2)n1. The van der Waals surface area contributed by atoms with Crippen molar-refractivity contribution in [2.45, 2.75) is 26.3 Å². The summed E-state index contributed by atoms with van der Waals surface area (Å²) in [5.41, 5.74) is 5.50. The molecule has 0 saturated carbocycles. The molecule has 2 aromatic heterocycles. The number of thiazole rings is 1. The summed E-state index contributed by atoms with van der Waals surface area (Å²) in [5.74, 6) is 0.733. The quantitative estimate of drug-likeness (QED) is 0.0755. The summed E-state index contributed by atoms with van der Waals surface area (Å²) in [6.07, 6.45) is 1.19. The van der Waals surface area contributed by atoms with E-state index in [9.17, 15) is 4.79 Å². The van der Waals surface area contributed by atoms with Crippen LogP contribution >= 0.6 is 11.3 Å². The highest BCUT2D eigenvalue weighted by Crippen LogP contribution is 2.31. The molecule has 0 unspecified atom stereocenters. The Kier molecular flexibility index (Phi) is 16.0. The molecule has 0 bridgehead atoms. The van der Waals surface area contributed by atoms with Crippen LogP contribution in [0.4, 0.5) is 17.6 Å². The Balaban J connectivity index is 0.974. The third kappa shape index (κ3) is 13.1. The minimum absolute atomic E-state index is 0.0124. The number of aromatic nitrogens is 4. The number of aryl methyl sites for hydroxylation is 1. The van der Waals surface area contributed by atoms with Crippen LogP contribution in [-0.4, -0.2) is 123 Å². The standard InChI is InChI=1S/C41H56N12O2S/c1-31-8-3-4-9-33(31)30-47-40-49-39(46-18-16-37(54)45-17-7-25-53-26-23-43-21-19-42-20-22-44-24-27-53)50-41(51-40)55-29-28-52(2)34-14-12-32(13-15-34)38-48-35-10-5-6-11-36(35)56-38/h3-6,8-15,42-44H,7,16-30H2,1-2H3,(H,45,54)(H2,46,47,49,50,51). The third-order valence-corrected chi connectivity index (χ3v) is 10.7. The van der Waals surface area contributed by atoms with Crippen LogP contribution in [0.3, 0.4) is 0 Å². The van der Waals surface area contributed by atoms with E-state index >= 15 is 0 Å². The van der Waals surface area contributed by atoms with Gasteiger partial charge in [0, 0.05) is 96.7 Å². The van der Waals surface area contributed by atoms with Gasteiger partial charge in [-0.15, -0.1) is 11.3 Å². The molecule has 14 nitrogen and oxygen atoms in total. The molecule has 6 rings (SSSR count). The number of fused-ring (bicyclic) bond motifs is 1. The van der Waals surface area contributed by atoms with Crippen LogP contribution in [0.1, 0.15) is 24.0 Å². The van der Waals surface area contributed by atoms with Crippen LogP contribution in [0.15, 0.2) is 72.8 Å². The fourth-order valence-corrected chi connectivity index (χ4v) is 7.24. The Labute approximate surface area is 334 Å². The lowest BCUT2D eigenvalue weighted by molar-refractivity contribution is -0.120. The molecule has 0 radical (unpaired) electrons. The van der Waals surface area contributed by atoms with Crippen molar-refractivity contribution in [1.29, 1.82) is 0 Å². The zero-order valence-corrected chi connectivity index (χ0v) is 33.5. The van der Waals surface area contributed by atoms with E-state index in [2.05, 4.69) is 106 Å². The van der Waals surface area contributed by atoms with E-state index in [1.807, 2.05) is 37.4 Å². The molecule has 56 heavy (non-hydrogen) atoms. The Morgan fingerprint density at radius 2 is 1.52 bits per heavy atom. The highest BCUT2D eigenvalue weighted by Gasteiger charge is 2.12. The van der Waals surface area contributed by atoms with Crippen molar-refractivity contribution in [2.24, 2.45) is 0 Å². The molecular weight excluding hydrogens is 725 g/mol. The maximum absolute atomic E-state index is 12.7. The second-order valence-corrected chi connectivity index (χ2v) is 14.9. The molecular formula is C41H56N12O2S. The van der Waals surface area contributed by atoms with Gasteiger partial charge in [-0.25, -0.2) is 4.98 Å². The van der Waals surface area contributed by atoms with E-state index in [0.29, 0.717) is 51.1 Å². The van der Waals surface area contributed by atoms with Crippen LogP contribution < -0.4 is 41.5 Å². The lowest BCUT2D eigenvalue weighted by atomic mass is 10.1. The first-order chi connectivity index (χ1) is 27.5. The molecule has 3 aromatic carbocycles. The first-order valence-electron chi connectivity index (χ1n) is 19.7. The normalized spacial score (nSPS) is 14.4. The molecule has 1 aliphatic rings. The fraction of sp³-hybridized carbons (Fsp3) is 0.439. The highest BCUT2D eigenvalue weighted by molar-refractivity contribution is 7.21. The fourth-order valence-electron chi connectivity index (χ4n) is 6.26. The summed E-state index contributed by atoms with van der Waals surface area (Å²) in [4.78, 5) is 35.8. The zero-order valence-electron chi connectivity index (χ0n) is 32.6. The number of ether oxygens (including phenoxy) is 1. The lowest BCUT2D eigenvalue weighted by Gasteiger charge is -2.23. The van der Waals surface area contributed by atoms with E-state index in [1.165, 1.54) is 10.3 Å². The smallest absolute Gasteiger partial charge is 0.323 e. The van der Waals surface area contributed by atoms with Gasteiger partial charge in [-0.2, -0.15) is 15.0 Å². The van der Waals surface area contributed by atoms with Crippen LogP contribution in [0.2, 0.25) is 0 Å². The number of nitrogens with one attached hydrogen (secondary N) is 6. The van der Waals surface area contributed by atoms with Crippen molar-refractivity contribution >= 4 is 45.0 Å². The Bertz CT molecular complexity index is 1900. The van der Waals surface area contributed by atoms with Gasteiger partial charge in [0.25, 0.3) is 0 Å². The average Bonchev–Trinajstić information content (AvgIpc) is 3.65. The number of nitrogens with zero attached hydrogens (tertiary/aromatic N) is 6. The second-order valence-electron chi connectivity index (χ2n) is 13.8. The summed E-state index contributed by atoms with van der Waals surface area (Å²) in [6.45, 7) is 13.4. The highest BCUT2D eigenvalue weighted by atomic mass is 32.1. The number of hydrogen-bond donors (Lipinski definition) is 6.